The molecule has 0 saturated heterocycles. The second-order valence-electron chi connectivity index (χ2n) is 10.9. The maximum Gasteiger partial charge on any atom is 0.243 e. The molecule has 7 nitrogen and oxygen atoms in total. The Morgan fingerprint density at radius 1 is 0.881 bits per heavy atom. The smallest absolute Gasteiger partial charge is 0.243 e. The number of hydrogen-bond acceptors (Lipinski definition) is 4. The second kappa shape index (κ2) is 15.1. The molecule has 1 unspecified atom stereocenters. The lowest BCUT2D eigenvalue weighted by atomic mass is 9.94. The van der Waals surface area contributed by atoms with Crippen LogP contribution in [0.1, 0.15) is 56.1 Å². The van der Waals surface area contributed by atoms with Crippen LogP contribution >= 0.6 is 0 Å². The summed E-state index contributed by atoms with van der Waals surface area (Å²) in [5, 5.41) is 3.20. The first-order valence-electron chi connectivity index (χ1n) is 14.6. The lowest BCUT2D eigenvalue weighted by molar-refractivity contribution is -0.141. The summed E-state index contributed by atoms with van der Waals surface area (Å²) in [5.41, 5.74) is 1.63. The number of carbonyl (C=O) groups is 2. The second-order valence-corrected chi connectivity index (χ2v) is 13.0. The van der Waals surface area contributed by atoms with Gasteiger partial charge in [-0.3, -0.25) is 9.59 Å². The van der Waals surface area contributed by atoms with Crippen LogP contribution in [-0.4, -0.2) is 55.1 Å². The van der Waals surface area contributed by atoms with Gasteiger partial charge in [-0.2, -0.15) is 0 Å². The van der Waals surface area contributed by atoms with Crippen LogP contribution in [0.15, 0.2) is 89.8 Å². The number of sulfonamides is 1. The normalized spacial score (nSPS) is 14.8. The van der Waals surface area contributed by atoms with Gasteiger partial charge in [0.25, 0.3) is 0 Å². The van der Waals surface area contributed by atoms with E-state index in [2.05, 4.69) is 5.32 Å². The summed E-state index contributed by atoms with van der Waals surface area (Å²) in [6.45, 7) is 0.276. The van der Waals surface area contributed by atoms with E-state index < -0.39 is 16.1 Å². The molecule has 42 heavy (non-hydrogen) atoms. The maximum absolute atomic E-state index is 13.8. The number of nitrogens with one attached hydrogen (secondary N) is 1. The predicted octanol–water partition coefficient (Wildman–Crippen LogP) is 5.32. The van der Waals surface area contributed by atoms with E-state index in [1.807, 2.05) is 30.3 Å². The van der Waals surface area contributed by atoms with Crippen molar-refractivity contribution in [2.75, 3.05) is 13.6 Å². The Bertz CT molecular complexity index is 1400. The van der Waals surface area contributed by atoms with Crippen molar-refractivity contribution in [1.29, 1.82) is 0 Å². The molecular formula is C33H40FN3O4S. The average molecular weight is 594 g/mol. The van der Waals surface area contributed by atoms with Crippen molar-refractivity contribution in [3.63, 3.8) is 0 Å². The SMILES string of the molecule is CN(CCCC(=O)N(Cc1ccc(F)cc1)C(Cc1ccccc1)C(=O)NC1CCCCC1)S(=O)(=O)c1ccccc1. The molecule has 2 amide bonds. The third-order valence-electron chi connectivity index (χ3n) is 7.80. The highest BCUT2D eigenvalue weighted by atomic mass is 32.2. The molecule has 1 N–H and O–H groups in total. The van der Waals surface area contributed by atoms with Gasteiger partial charge in [0, 0.05) is 39.0 Å². The minimum absolute atomic E-state index is 0.0534. The molecule has 0 aromatic heterocycles. The number of hydrogen-bond donors (Lipinski definition) is 1. The topological polar surface area (TPSA) is 86.8 Å². The molecule has 0 radical (unpaired) electrons. The monoisotopic (exact) mass is 593 g/mol. The number of rotatable bonds is 13. The van der Waals surface area contributed by atoms with Crippen molar-refractivity contribution in [3.05, 3.63) is 102 Å². The standard InChI is InChI=1S/C33H40FN3O4S/c1-36(42(40,41)30-16-9-4-10-17-30)23-11-18-32(38)37(25-27-19-21-28(34)22-20-27)31(24-26-12-5-2-6-13-26)33(39)35-29-14-7-3-8-15-29/h2,4-6,9-10,12-13,16-17,19-22,29,31H,3,7-8,11,14-15,18,23-25H2,1H3,(H,35,39). The average Bonchev–Trinajstić information content (AvgIpc) is 3.01. The third kappa shape index (κ3) is 8.72. The Labute approximate surface area is 248 Å². The van der Waals surface area contributed by atoms with E-state index in [-0.39, 0.29) is 54.5 Å². The molecule has 4 rings (SSSR count). The number of carbonyl (C=O) groups excluding carboxylic acids is 2. The van der Waals surface area contributed by atoms with Crippen LogP contribution in [0.2, 0.25) is 0 Å². The van der Waals surface area contributed by atoms with Gasteiger partial charge in [-0.05, 0) is 54.7 Å². The van der Waals surface area contributed by atoms with Crippen molar-refractivity contribution < 1.29 is 22.4 Å². The van der Waals surface area contributed by atoms with Crippen LogP contribution in [0.4, 0.5) is 4.39 Å². The molecule has 0 aliphatic heterocycles. The molecule has 9 heteroatoms. The molecule has 0 heterocycles. The Morgan fingerprint density at radius 3 is 2.14 bits per heavy atom. The molecule has 1 aliphatic rings. The highest BCUT2D eigenvalue weighted by molar-refractivity contribution is 7.89. The van der Waals surface area contributed by atoms with Crippen LogP contribution in [0.3, 0.4) is 0 Å². The van der Waals surface area contributed by atoms with E-state index in [9.17, 15) is 22.4 Å². The van der Waals surface area contributed by atoms with Crippen LogP contribution in [0, 0.1) is 5.82 Å². The van der Waals surface area contributed by atoms with Crippen molar-refractivity contribution in [3.8, 4) is 0 Å². The van der Waals surface area contributed by atoms with Crippen LogP contribution in [0.5, 0.6) is 0 Å². The van der Waals surface area contributed by atoms with Crippen molar-refractivity contribution in [1.82, 2.24) is 14.5 Å². The van der Waals surface area contributed by atoms with Gasteiger partial charge in [0.2, 0.25) is 21.8 Å². The summed E-state index contributed by atoms with van der Waals surface area (Å²) in [7, 11) is -2.19. The zero-order valence-electron chi connectivity index (χ0n) is 24.1. The van der Waals surface area contributed by atoms with Crippen LogP contribution in [-0.2, 0) is 32.6 Å². The summed E-state index contributed by atoms with van der Waals surface area (Å²) in [6, 6.07) is 23.0. The van der Waals surface area contributed by atoms with Crippen molar-refractivity contribution >= 4 is 21.8 Å². The van der Waals surface area contributed by atoms with E-state index in [1.54, 1.807) is 47.4 Å². The maximum atomic E-state index is 13.8. The first-order valence-corrected chi connectivity index (χ1v) is 16.1. The molecule has 3 aromatic carbocycles. The minimum atomic E-state index is -3.69. The highest BCUT2D eigenvalue weighted by Crippen LogP contribution is 2.21. The van der Waals surface area contributed by atoms with Gasteiger partial charge in [0.1, 0.15) is 11.9 Å². The zero-order valence-corrected chi connectivity index (χ0v) is 24.9. The van der Waals surface area contributed by atoms with E-state index in [4.69, 9.17) is 0 Å². The molecule has 1 atom stereocenters. The number of halogens is 1. The molecule has 0 bridgehead atoms. The fraction of sp³-hybridized carbons (Fsp3) is 0.394. The van der Waals surface area contributed by atoms with Gasteiger partial charge in [-0.25, -0.2) is 17.1 Å². The Balaban J connectivity index is 1.54. The van der Waals surface area contributed by atoms with Gasteiger partial charge in [-0.15, -0.1) is 0 Å². The Kier molecular flexibility index (Phi) is 11.3. The molecule has 1 fully saturated rings. The number of nitrogens with zero attached hydrogens (tertiary/aromatic N) is 2. The van der Waals surface area contributed by atoms with Crippen LogP contribution < -0.4 is 5.32 Å². The van der Waals surface area contributed by atoms with E-state index >= 15 is 0 Å². The molecule has 224 valence electrons. The third-order valence-corrected chi connectivity index (χ3v) is 9.67. The fourth-order valence-electron chi connectivity index (χ4n) is 5.37. The Hall–Kier alpha value is -3.56. The van der Waals surface area contributed by atoms with Gasteiger partial charge in [-0.1, -0.05) is 79.9 Å². The molecule has 0 spiro atoms. The van der Waals surface area contributed by atoms with Crippen molar-refractivity contribution in [2.45, 2.75) is 74.9 Å². The zero-order chi connectivity index (χ0) is 30.0. The lowest BCUT2D eigenvalue weighted by Gasteiger charge is -2.33. The summed E-state index contributed by atoms with van der Waals surface area (Å²) in [4.78, 5) is 29.4. The molecule has 1 saturated carbocycles. The summed E-state index contributed by atoms with van der Waals surface area (Å²) < 4.78 is 40.8. The molecule has 3 aromatic rings. The van der Waals surface area contributed by atoms with Gasteiger partial charge in [0.05, 0.1) is 4.90 Å². The summed E-state index contributed by atoms with van der Waals surface area (Å²) >= 11 is 0. The van der Waals surface area contributed by atoms with Crippen LogP contribution in [0.25, 0.3) is 0 Å². The fourth-order valence-corrected chi connectivity index (χ4v) is 6.60. The van der Waals surface area contributed by atoms with Gasteiger partial charge in [0.15, 0.2) is 0 Å². The lowest BCUT2D eigenvalue weighted by Crippen LogP contribution is -2.52. The van der Waals surface area contributed by atoms with Gasteiger partial charge >= 0.3 is 0 Å². The molecule has 1 aliphatic carbocycles. The number of benzene rings is 3. The highest BCUT2D eigenvalue weighted by Gasteiger charge is 2.32. The van der Waals surface area contributed by atoms with E-state index in [1.165, 1.54) is 23.5 Å². The quantitative estimate of drug-likeness (QED) is 0.291. The molecular weight excluding hydrogens is 553 g/mol. The summed E-state index contributed by atoms with van der Waals surface area (Å²) in [5.74, 6) is -0.843. The van der Waals surface area contributed by atoms with Gasteiger partial charge < -0.3 is 10.2 Å². The first kappa shape index (κ1) is 31.4. The van der Waals surface area contributed by atoms with E-state index in [0.29, 0.717) is 12.0 Å². The van der Waals surface area contributed by atoms with E-state index in [0.717, 1.165) is 37.7 Å². The first-order chi connectivity index (χ1) is 20.2. The number of amides is 2. The predicted molar refractivity (Wildman–Crippen MR) is 161 cm³/mol. The summed E-state index contributed by atoms with van der Waals surface area (Å²) in [6.07, 6.45) is 5.77. The Morgan fingerprint density at radius 2 is 1.50 bits per heavy atom. The largest absolute Gasteiger partial charge is 0.352 e. The minimum Gasteiger partial charge on any atom is -0.352 e. The van der Waals surface area contributed by atoms with Crippen molar-refractivity contribution in [2.24, 2.45) is 0 Å².